The highest BCUT2D eigenvalue weighted by Crippen LogP contribution is 2.42. The number of carbonyl (C=O) groups excluding carboxylic acids is 1. The molecule has 0 amide bonds. The van der Waals surface area contributed by atoms with E-state index in [0.717, 1.165) is 31.2 Å². The van der Waals surface area contributed by atoms with Gasteiger partial charge in [0.25, 0.3) is 0 Å². The number of methoxy groups -OCH3 is 1. The normalized spacial score (nSPS) is 17.7. The van der Waals surface area contributed by atoms with Crippen LogP contribution < -0.4 is 0 Å². The molecule has 4 heteroatoms. The Balaban J connectivity index is 2.23. The Hall–Kier alpha value is -0.900. The van der Waals surface area contributed by atoms with Gasteiger partial charge in [-0.25, -0.2) is 4.39 Å². The number of rotatable bonds is 3. The van der Waals surface area contributed by atoms with E-state index in [1.807, 2.05) is 0 Å². The summed E-state index contributed by atoms with van der Waals surface area (Å²) in [6.45, 7) is 0. The molecule has 0 bridgehead atoms. The molecule has 2 nitrogen and oxygen atoms in total. The number of benzene rings is 1. The van der Waals surface area contributed by atoms with Crippen LogP contribution in [0, 0.1) is 11.2 Å². The maximum atomic E-state index is 13.2. The smallest absolute Gasteiger partial charge is 0.312 e. The molecule has 18 heavy (non-hydrogen) atoms. The number of carbonyl (C=O) groups is 1. The van der Waals surface area contributed by atoms with Crippen LogP contribution in [-0.4, -0.2) is 13.1 Å². The van der Waals surface area contributed by atoms with Gasteiger partial charge in [-0.1, -0.05) is 18.9 Å². The summed E-state index contributed by atoms with van der Waals surface area (Å²) in [4.78, 5) is 12.0. The van der Waals surface area contributed by atoms with Crippen LogP contribution in [0.15, 0.2) is 22.7 Å². The molecule has 0 unspecified atom stereocenters. The van der Waals surface area contributed by atoms with Crippen LogP contribution in [0.2, 0.25) is 0 Å². The lowest BCUT2D eigenvalue weighted by Crippen LogP contribution is -2.31. The fourth-order valence-electron chi connectivity index (χ4n) is 2.76. The average Bonchev–Trinajstić information content (AvgIpc) is 2.82. The molecule has 1 saturated carbocycles. The van der Waals surface area contributed by atoms with Gasteiger partial charge in [-0.15, -0.1) is 0 Å². The van der Waals surface area contributed by atoms with Crippen LogP contribution in [0.5, 0.6) is 0 Å². The fraction of sp³-hybridized carbons (Fsp3) is 0.500. The Morgan fingerprint density at radius 1 is 1.44 bits per heavy atom. The van der Waals surface area contributed by atoms with Gasteiger partial charge in [0, 0.05) is 0 Å². The van der Waals surface area contributed by atoms with Crippen molar-refractivity contribution in [2.75, 3.05) is 7.11 Å². The first-order chi connectivity index (χ1) is 8.57. The summed E-state index contributed by atoms with van der Waals surface area (Å²) in [5.74, 6) is -0.419. The lowest BCUT2D eigenvalue weighted by molar-refractivity contribution is -0.152. The minimum Gasteiger partial charge on any atom is -0.469 e. The molecule has 1 aromatic rings. The topological polar surface area (TPSA) is 26.3 Å². The Morgan fingerprint density at radius 2 is 2.11 bits per heavy atom. The number of esters is 1. The van der Waals surface area contributed by atoms with Crippen molar-refractivity contribution in [1.29, 1.82) is 0 Å². The zero-order valence-corrected chi connectivity index (χ0v) is 11.9. The summed E-state index contributed by atoms with van der Waals surface area (Å²) in [5.41, 5.74) is 0.557. The first-order valence-corrected chi connectivity index (χ1v) is 6.89. The van der Waals surface area contributed by atoms with Crippen molar-refractivity contribution >= 4 is 21.9 Å². The number of hydrogen-bond acceptors (Lipinski definition) is 2. The maximum Gasteiger partial charge on any atom is 0.312 e. The van der Waals surface area contributed by atoms with E-state index in [1.165, 1.54) is 13.2 Å². The molecule has 0 aliphatic heterocycles. The van der Waals surface area contributed by atoms with Gasteiger partial charge in [0.2, 0.25) is 0 Å². The van der Waals surface area contributed by atoms with E-state index < -0.39 is 5.41 Å². The molecule has 2 rings (SSSR count). The summed E-state index contributed by atoms with van der Waals surface area (Å²) in [5, 5.41) is 0. The van der Waals surface area contributed by atoms with Crippen molar-refractivity contribution in [2.45, 2.75) is 32.1 Å². The molecule has 1 aromatic carbocycles. The third-order valence-electron chi connectivity index (χ3n) is 3.71. The molecule has 0 saturated heterocycles. The van der Waals surface area contributed by atoms with Crippen LogP contribution in [0.3, 0.4) is 0 Å². The zero-order chi connectivity index (χ0) is 13.2. The number of halogens is 2. The average molecular weight is 315 g/mol. The molecular formula is C14H16BrFO2. The second-order valence-corrected chi connectivity index (χ2v) is 5.76. The summed E-state index contributed by atoms with van der Waals surface area (Å²) < 4.78 is 18.6. The Kier molecular flexibility index (Phi) is 4.05. The minimum atomic E-state index is -0.411. The van der Waals surface area contributed by atoms with Gasteiger partial charge in [0.05, 0.1) is 17.0 Å². The summed E-state index contributed by atoms with van der Waals surface area (Å²) in [6, 6.07) is 4.92. The highest BCUT2D eigenvalue weighted by molar-refractivity contribution is 9.10. The van der Waals surface area contributed by atoms with E-state index in [0.29, 0.717) is 10.9 Å². The van der Waals surface area contributed by atoms with E-state index in [-0.39, 0.29) is 11.8 Å². The SMILES string of the molecule is COC(=O)C1(Cc2ccc(F)c(Br)c2)CCCC1. The van der Waals surface area contributed by atoms with E-state index in [2.05, 4.69) is 15.9 Å². The third-order valence-corrected chi connectivity index (χ3v) is 4.31. The van der Waals surface area contributed by atoms with Gasteiger partial charge in [0.1, 0.15) is 5.82 Å². The minimum absolute atomic E-state index is 0.138. The molecule has 0 atom stereocenters. The van der Waals surface area contributed by atoms with Crippen molar-refractivity contribution in [2.24, 2.45) is 5.41 Å². The second kappa shape index (κ2) is 5.39. The fourth-order valence-corrected chi connectivity index (χ4v) is 3.19. The Morgan fingerprint density at radius 3 is 2.67 bits per heavy atom. The highest BCUT2D eigenvalue weighted by atomic mass is 79.9. The van der Waals surface area contributed by atoms with Gasteiger partial charge in [-0.3, -0.25) is 4.79 Å². The van der Waals surface area contributed by atoms with Gasteiger partial charge in [0.15, 0.2) is 0 Å². The predicted octanol–water partition coefficient (Wildman–Crippen LogP) is 3.86. The number of ether oxygens (including phenoxy) is 1. The molecule has 1 aliphatic carbocycles. The summed E-state index contributed by atoms with van der Waals surface area (Å²) in [7, 11) is 1.43. The van der Waals surface area contributed by atoms with Gasteiger partial charge in [-0.2, -0.15) is 0 Å². The molecule has 0 aromatic heterocycles. The summed E-state index contributed by atoms with van der Waals surface area (Å²) in [6.07, 6.45) is 4.44. The molecule has 0 N–H and O–H groups in total. The first kappa shape index (κ1) is 13.5. The van der Waals surface area contributed by atoms with E-state index in [1.54, 1.807) is 12.1 Å². The van der Waals surface area contributed by atoms with Gasteiger partial charge in [-0.05, 0) is 52.9 Å². The molecule has 0 heterocycles. The molecular weight excluding hydrogens is 299 g/mol. The third kappa shape index (κ3) is 2.58. The van der Waals surface area contributed by atoms with Crippen LogP contribution in [0.25, 0.3) is 0 Å². The summed E-state index contributed by atoms with van der Waals surface area (Å²) >= 11 is 3.18. The van der Waals surface area contributed by atoms with Crippen molar-refractivity contribution in [3.05, 3.63) is 34.1 Å². The van der Waals surface area contributed by atoms with Crippen molar-refractivity contribution < 1.29 is 13.9 Å². The van der Waals surface area contributed by atoms with Crippen molar-refractivity contribution in [1.82, 2.24) is 0 Å². The lowest BCUT2D eigenvalue weighted by atomic mass is 9.80. The standard InChI is InChI=1S/C14H16BrFO2/c1-18-13(17)14(6-2-3-7-14)9-10-4-5-12(16)11(15)8-10/h4-5,8H,2-3,6-7,9H2,1H3. The van der Waals surface area contributed by atoms with Gasteiger partial charge < -0.3 is 4.74 Å². The van der Waals surface area contributed by atoms with E-state index in [4.69, 9.17) is 4.74 Å². The first-order valence-electron chi connectivity index (χ1n) is 6.10. The van der Waals surface area contributed by atoms with Crippen LogP contribution in [0.1, 0.15) is 31.2 Å². The largest absolute Gasteiger partial charge is 0.469 e. The van der Waals surface area contributed by atoms with E-state index in [9.17, 15) is 9.18 Å². The molecule has 98 valence electrons. The lowest BCUT2D eigenvalue weighted by Gasteiger charge is -2.25. The Labute approximate surface area is 115 Å². The zero-order valence-electron chi connectivity index (χ0n) is 10.3. The second-order valence-electron chi connectivity index (χ2n) is 4.90. The van der Waals surface area contributed by atoms with Crippen molar-refractivity contribution in [3.63, 3.8) is 0 Å². The monoisotopic (exact) mass is 314 g/mol. The number of hydrogen-bond donors (Lipinski definition) is 0. The highest BCUT2D eigenvalue weighted by Gasteiger charge is 2.42. The molecule has 1 aliphatic rings. The van der Waals surface area contributed by atoms with Gasteiger partial charge >= 0.3 is 5.97 Å². The van der Waals surface area contributed by atoms with Crippen LogP contribution in [-0.2, 0) is 16.0 Å². The Bertz CT molecular complexity index is 453. The van der Waals surface area contributed by atoms with Crippen LogP contribution in [0.4, 0.5) is 4.39 Å². The maximum absolute atomic E-state index is 13.2. The predicted molar refractivity (Wildman–Crippen MR) is 70.7 cm³/mol. The van der Waals surface area contributed by atoms with Crippen LogP contribution >= 0.6 is 15.9 Å². The van der Waals surface area contributed by atoms with E-state index >= 15 is 0 Å². The molecule has 0 spiro atoms. The molecule has 0 radical (unpaired) electrons. The van der Waals surface area contributed by atoms with Crippen molar-refractivity contribution in [3.8, 4) is 0 Å². The molecule has 1 fully saturated rings. The quantitative estimate of drug-likeness (QED) is 0.792.